The summed E-state index contributed by atoms with van der Waals surface area (Å²) >= 11 is 7.36. The van der Waals surface area contributed by atoms with Crippen LogP contribution in [0.1, 0.15) is 5.56 Å². The molecule has 7 nitrogen and oxygen atoms in total. The third kappa shape index (κ3) is 4.10. The standard InChI is InChI=1S/C21H13ClN4O3S/c22-17-13-23-10-9-18(17)24-21-25(15-6-2-1-3-7-15)20(27)19(30-21)12-14-5-4-8-16(11-14)26(28)29/h1-13H/b19-12-,24-21?. The van der Waals surface area contributed by atoms with Crippen LogP contribution in [0.25, 0.3) is 6.08 Å². The predicted molar refractivity (Wildman–Crippen MR) is 119 cm³/mol. The Morgan fingerprint density at radius 1 is 1.13 bits per heavy atom. The highest BCUT2D eigenvalue weighted by atomic mass is 35.5. The lowest BCUT2D eigenvalue weighted by atomic mass is 10.2. The van der Waals surface area contributed by atoms with Crippen molar-refractivity contribution in [2.45, 2.75) is 0 Å². The van der Waals surface area contributed by atoms with Crippen LogP contribution in [0.4, 0.5) is 17.1 Å². The van der Waals surface area contributed by atoms with Gasteiger partial charge in [-0.1, -0.05) is 41.9 Å². The van der Waals surface area contributed by atoms with Gasteiger partial charge in [-0.15, -0.1) is 0 Å². The summed E-state index contributed by atoms with van der Waals surface area (Å²) < 4.78 is 0. The minimum Gasteiger partial charge on any atom is -0.268 e. The van der Waals surface area contributed by atoms with E-state index in [9.17, 15) is 14.9 Å². The van der Waals surface area contributed by atoms with Crippen LogP contribution in [0.3, 0.4) is 0 Å². The Morgan fingerprint density at radius 2 is 1.93 bits per heavy atom. The molecule has 0 aliphatic carbocycles. The van der Waals surface area contributed by atoms with Gasteiger partial charge in [0.05, 0.1) is 26.2 Å². The number of aromatic nitrogens is 1. The number of carbonyl (C=O) groups excluding carboxylic acids is 1. The fraction of sp³-hybridized carbons (Fsp3) is 0. The van der Waals surface area contributed by atoms with Crippen molar-refractivity contribution in [3.8, 4) is 0 Å². The van der Waals surface area contributed by atoms with E-state index in [-0.39, 0.29) is 11.6 Å². The molecule has 1 aliphatic rings. The van der Waals surface area contributed by atoms with E-state index in [2.05, 4.69) is 9.98 Å². The lowest BCUT2D eigenvalue weighted by Crippen LogP contribution is -2.28. The number of nitro groups is 1. The summed E-state index contributed by atoms with van der Waals surface area (Å²) in [6.07, 6.45) is 4.67. The summed E-state index contributed by atoms with van der Waals surface area (Å²) in [5.74, 6) is -0.276. The van der Waals surface area contributed by atoms with Gasteiger partial charge in [0.2, 0.25) is 0 Å². The third-order valence-corrected chi connectivity index (χ3v) is 5.43. The van der Waals surface area contributed by atoms with Crippen LogP contribution in [-0.2, 0) is 4.79 Å². The van der Waals surface area contributed by atoms with Crippen molar-refractivity contribution < 1.29 is 9.72 Å². The van der Waals surface area contributed by atoms with Gasteiger partial charge in [0.25, 0.3) is 11.6 Å². The van der Waals surface area contributed by atoms with Crippen molar-refractivity contribution in [1.82, 2.24) is 4.98 Å². The molecule has 1 amide bonds. The van der Waals surface area contributed by atoms with Gasteiger partial charge in [0, 0.05) is 24.5 Å². The van der Waals surface area contributed by atoms with E-state index in [4.69, 9.17) is 11.6 Å². The van der Waals surface area contributed by atoms with Crippen LogP contribution in [-0.4, -0.2) is 21.0 Å². The normalized spacial score (nSPS) is 16.4. The van der Waals surface area contributed by atoms with E-state index < -0.39 is 4.92 Å². The zero-order chi connectivity index (χ0) is 21.1. The highest BCUT2D eigenvalue weighted by Gasteiger charge is 2.34. The molecular weight excluding hydrogens is 424 g/mol. The molecule has 2 aromatic carbocycles. The molecular formula is C21H13ClN4O3S. The number of halogens is 1. The molecule has 0 saturated carbocycles. The van der Waals surface area contributed by atoms with E-state index in [1.54, 1.807) is 42.6 Å². The quantitative estimate of drug-likeness (QED) is 0.308. The Morgan fingerprint density at radius 3 is 2.67 bits per heavy atom. The lowest BCUT2D eigenvalue weighted by molar-refractivity contribution is -0.384. The number of nitrogens with zero attached hydrogens (tertiary/aromatic N) is 4. The molecule has 4 rings (SSSR count). The molecule has 0 unspecified atom stereocenters. The van der Waals surface area contributed by atoms with E-state index in [1.807, 2.05) is 18.2 Å². The van der Waals surface area contributed by atoms with E-state index in [0.29, 0.717) is 32.0 Å². The fourth-order valence-corrected chi connectivity index (χ4v) is 3.95. The van der Waals surface area contributed by atoms with Crippen LogP contribution in [0.15, 0.2) is 83.0 Å². The predicted octanol–water partition coefficient (Wildman–Crippen LogP) is 5.45. The number of pyridine rings is 1. The highest BCUT2D eigenvalue weighted by molar-refractivity contribution is 8.19. The average Bonchev–Trinajstić information content (AvgIpc) is 3.05. The van der Waals surface area contributed by atoms with Gasteiger partial charge in [-0.3, -0.25) is 24.8 Å². The molecule has 1 fully saturated rings. The van der Waals surface area contributed by atoms with Crippen LogP contribution >= 0.6 is 23.4 Å². The molecule has 0 bridgehead atoms. The Hall–Kier alpha value is -3.49. The van der Waals surface area contributed by atoms with E-state index in [0.717, 1.165) is 0 Å². The SMILES string of the molecule is O=C1/C(=C/c2cccc([N+](=O)[O-])c2)SC(=Nc2ccncc2Cl)N1c1ccccc1. The molecule has 3 aromatic rings. The number of nitro benzene ring substituents is 1. The Labute approximate surface area is 180 Å². The summed E-state index contributed by atoms with van der Waals surface area (Å²) in [7, 11) is 0. The number of thioether (sulfide) groups is 1. The van der Waals surface area contributed by atoms with Crippen molar-refractivity contribution in [3.63, 3.8) is 0 Å². The molecule has 2 heterocycles. The molecule has 0 spiro atoms. The number of hydrogen-bond acceptors (Lipinski definition) is 6. The van der Waals surface area contributed by atoms with E-state index in [1.165, 1.54) is 35.0 Å². The highest BCUT2D eigenvalue weighted by Crippen LogP contribution is 2.38. The number of para-hydroxylation sites is 1. The van der Waals surface area contributed by atoms with Crippen molar-refractivity contribution >= 4 is 57.6 Å². The van der Waals surface area contributed by atoms with Gasteiger partial charge >= 0.3 is 0 Å². The number of carbonyl (C=O) groups is 1. The van der Waals surface area contributed by atoms with Crippen molar-refractivity contribution in [3.05, 3.63) is 98.7 Å². The molecule has 148 valence electrons. The first-order chi connectivity index (χ1) is 14.5. The summed E-state index contributed by atoms with van der Waals surface area (Å²) in [4.78, 5) is 34.2. The molecule has 30 heavy (non-hydrogen) atoms. The number of rotatable bonds is 4. The van der Waals surface area contributed by atoms with Gasteiger partial charge < -0.3 is 0 Å². The number of hydrogen-bond donors (Lipinski definition) is 0. The third-order valence-electron chi connectivity index (χ3n) is 4.17. The number of aliphatic imine (C=N–C) groups is 1. The zero-order valence-corrected chi connectivity index (χ0v) is 16.9. The molecule has 1 aromatic heterocycles. The molecule has 0 radical (unpaired) electrons. The zero-order valence-electron chi connectivity index (χ0n) is 15.3. The second-order valence-electron chi connectivity index (χ2n) is 6.16. The number of amidine groups is 1. The monoisotopic (exact) mass is 436 g/mol. The molecule has 9 heteroatoms. The minimum atomic E-state index is -0.472. The number of anilines is 1. The summed E-state index contributed by atoms with van der Waals surface area (Å²) in [6.45, 7) is 0. The Bertz CT molecular complexity index is 1200. The van der Waals surface area contributed by atoms with Gasteiger partial charge in [0.1, 0.15) is 0 Å². The molecule has 1 saturated heterocycles. The maximum atomic E-state index is 13.2. The van der Waals surface area contributed by atoms with Crippen molar-refractivity contribution in [2.24, 2.45) is 4.99 Å². The van der Waals surface area contributed by atoms with Gasteiger partial charge in [-0.2, -0.15) is 0 Å². The lowest BCUT2D eigenvalue weighted by Gasteiger charge is -2.15. The number of amides is 1. The average molecular weight is 437 g/mol. The maximum absolute atomic E-state index is 13.2. The summed E-state index contributed by atoms with van der Waals surface area (Å²) in [5.41, 5.74) is 1.65. The smallest absolute Gasteiger partial charge is 0.268 e. The fourth-order valence-electron chi connectivity index (χ4n) is 2.79. The largest absolute Gasteiger partial charge is 0.271 e. The Balaban J connectivity index is 1.78. The van der Waals surface area contributed by atoms with Crippen LogP contribution in [0, 0.1) is 10.1 Å². The molecule has 1 aliphatic heterocycles. The number of benzene rings is 2. The summed E-state index contributed by atoms with van der Waals surface area (Å²) in [5, 5.41) is 11.8. The van der Waals surface area contributed by atoms with Crippen molar-refractivity contribution in [1.29, 1.82) is 0 Å². The van der Waals surface area contributed by atoms with Gasteiger partial charge in [0.15, 0.2) is 5.17 Å². The first-order valence-corrected chi connectivity index (χ1v) is 9.94. The van der Waals surface area contributed by atoms with Crippen LogP contribution in [0.2, 0.25) is 5.02 Å². The second kappa shape index (κ2) is 8.48. The maximum Gasteiger partial charge on any atom is 0.271 e. The molecule has 0 N–H and O–H groups in total. The number of non-ortho nitro benzene ring substituents is 1. The first kappa shape index (κ1) is 19.8. The second-order valence-corrected chi connectivity index (χ2v) is 7.58. The van der Waals surface area contributed by atoms with E-state index >= 15 is 0 Å². The van der Waals surface area contributed by atoms with Crippen LogP contribution in [0.5, 0.6) is 0 Å². The topological polar surface area (TPSA) is 88.7 Å². The van der Waals surface area contributed by atoms with Crippen molar-refractivity contribution in [2.75, 3.05) is 4.90 Å². The van der Waals surface area contributed by atoms with Gasteiger partial charge in [-0.25, -0.2) is 4.99 Å². The Kier molecular flexibility index (Phi) is 5.60. The molecule has 0 atom stereocenters. The summed E-state index contributed by atoms with van der Waals surface area (Å²) in [6, 6.07) is 16.9. The van der Waals surface area contributed by atoms with Gasteiger partial charge in [-0.05, 0) is 41.6 Å². The first-order valence-electron chi connectivity index (χ1n) is 8.74. The minimum absolute atomic E-state index is 0.0443. The van der Waals surface area contributed by atoms with Crippen LogP contribution < -0.4 is 4.90 Å².